The summed E-state index contributed by atoms with van der Waals surface area (Å²) in [5.74, 6) is 0.705. The van der Waals surface area contributed by atoms with Gasteiger partial charge in [-0.05, 0) is 25.8 Å². The SMILES string of the molecule is CCC(CC)CC1(O)CCN(C)C1. The second-order valence-corrected chi connectivity index (χ2v) is 4.60. The average molecular weight is 185 g/mol. The molecule has 1 saturated heterocycles. The third-order valence-corrected chi connectivity index (χ3v) is 3.35. The first-order valence-corrected chi connectivity index (χ1v) is 5.50. The molecule has 1 N–H and O–H groups in total. The number of rotatable bonds is 4. The van der Waals surface area contributed by atoms with Gasteiger partial charge in [0, 0.05) is 13.1 Å². The Morgan fingerprint density at radius 2 is 2.00 bits per heavy atom. The minimum atomic E-state index is -0.383. The van der Waals surface area contributed by atoms with E-state index in [1.54, 1.807) is 0 Å². The molecule has 0 radical (unpaired) electrons. The third kappa shape index (κ3) is 2.96. The molecule has 0 aliphatic carbocycles. The van der Waals surface area contributed by atoms with Crippen LogP contribution in [0.5, 0.6) is 0 Å². The van der Waals surface area contributed by atoms with Crippen LogP contribution in [-0.4, -0.2) is 35.7 Å². The molecule has 1 aliphatic rings. The van der Waals surface area contributed by atoms with Gasteiger partial charge in [0.2, 0.25) is 0 Å². The minimum Gasteiger partial charge on any atom is -0.388 e. The van der Waals surface area contributed by atoms with Gasteiger partial charge in [-0.25, -0.2) is 0 Å². The Hall–Kier alpha value is -0.0800. The number of β-amino-alcohol motifs (C(OH)–C–C–N with tert-alkyl or cyclic N) is 1. The zero-order chi connectivity index (χ0) is 9.90. The summed E-state index contributed by atoms with van der Waals surface area (Å²) in [5, 5.41) is 10.3. The molecule has 1 heterocycles. The first kappa shape index (κ1) is 11.0. The third-order valence-electron chi connectivity index (χ3n) is 3.35. The van der Waals surface area contributed by atoms with E-state index in [9.17, 15) is 5.11 Å². The zero-order valence-electron chi connectivity index (χ0n) is 9.21. The van der Waals surface area contributed by atoms with Gasteiger partial charge >= 0.3 is 0 Å². The van der Waals surface area contributed by atoms with E-state index in [4.69, 9.17) is 0 Å². The van der Waals surface area contributed by atoms with Gasteiger partial charge in [-0.3, -0.25) is 0 Å². The van der Waals surface area contributed by atoms with Gasteiger partial charge in [0.05, 0.1) is 5.60 Å². The maximum absolute atomic E-state index is 10.3. The van der Waals surface area contributed by atoms with Crippen LogP contribution >= 0.6 is 0 Å². The van der Waals surface area contributed by atoms with Gasteiger partial charge in [0.15, 0.2) is 0 Å². The van der Waals surface area contributed by atoms with Gasteiger partial charge in [-0.15, -0.1) is 0 Å². The molecule has 1 aliphatic heterocycles. The van der Waals surface area contributed by atoms with Crippen molar-refractivity contribution < 1.29 is 5.11 Å². The lowest BCUT2D eigenvalue weighted by Crippen LogP contribution is -2.34. The smallest absolute Gasteiger partial charge is 0.0788 e. The maximum atomic E-state index is 10.3. The van der Waals surface area contributed by atoms with Crippen molar-refractivity contribution in [1.82, 2.24) is 4.90 Å². The molecule has 0 aromatic carbocycles. The van der Waals surface area contributed by atoms with Crippen molar-refractivity contribution in [3.63, 3.8) is 0 Å². The standard InChI is InChI=1S/C11H23NO/c1-4-10(5-2)8-11(13)6-7-12(3)9-11/h10,13H,4-9H2,1-3H3. The Kier molecular flexibility index (Phi) is 3.74. The van der Waals surface area contributed by atoms with E-state index < -0.39 is 0 Å². The number of aliphatic hydroxyl groups is 1. The molecule has 0 amide bonds. The molecule has 1 fully saturated rings. The predicted molar refractivity (Wildman–Crippen MR) is 55.8 cm³/mol. The molecule has 13 heavy (non-hydrogen) atoms. The summed E-state index contributed by atoms with van der Waals surface area (Å²) in [7, 11) is 2.09. The van der Waals surface area contributed by atoms with Crippen molar-refractivity contribution in [2.75, 3.05) is 20.1 Å². The molecule has 0 saturated carbocycles. The number of likely N-dealkylation sites (tertiary alicyclic amines) is 1. The molecule has 78 valence electrons. The van der Waals surface area contributed by atoms with Gasteiger partial charge in [-0.2, -0.15) is 0 Å². The summed E-state index contributed by atoms with van der Waals surface area (Å²) < 4.78 is 0. The minimum absolute atomic E-state index is 0.383. The van der Waals surface area contributed by atoms with Crippen LogP contribution in [0.2, 0.25) is 0 Å². The highest BCUT2D eigenvalue weighted by Crippen LogP contribution is 2.29. The lowest BCUT2D eigenvalue weighted by Gasteiger charge is -2.26. The number of hydrogen-bond acceptors (Lipinski definition) is 2. The van der Waals surface area contributed by atoms with Crippen LogP contribution in [-0.2, 0) is 0 Å². The zero-order valence-corrected chi connectivity index (χ0v) is 9.21. The van der Waals surface area contributed by atoms with Gasteiger partial charge in [-0.1, -0.05) is 26.7 Å². The van der Waals surface area contributed by atoms with Crippen LogP contribution in [0.4, 0.5) is 0 Å². The monoisotopic (exact) mass is 185 g/mol. The van der Waals surface area contributed by atoms with Crippen molar-refractivity contribution in [2.45, 2.75) is 45.1 Å². The molecule has 0 spiro atoms. The Morgan fingerprint density at radius 3 is 2.38 bits per heavy atom. The molecule has 0 bridgehead atoms. The second-order valence-electron chi connectivity index (χ2n) is 4.60. The van der Waals surface area contributed by atoms with Crippen LogP contribution in [0, 0.1) is 5.92 Å². The molecule has 1 rings (SSSR count). The van der Waals surface area contributed by atoms with E-state index in [0.29, 0.717) is 5.92 Å². The average Bonchev–Trinajstić information content (AvgIpc) is 2.43. The van der Waals surface area contributed by atoms with Crippen LogP contribution in [0.25, 0.3) is 0 Å². The fourth-order valence-corrected chi connectivity index (χ4v) is 2.34. The van der Waals surface area contributed by atoms with E-state index >= 15 is 0 Å². The molecule has 0 aromatic rings. The highest BCUT2D eigenvalue weighted by atomic mass is 16.3. The number of nitrogens with zero attached hydrogens (tertiary/aromatic N) is 1. The Labute approximate surface area is 81.9 Å². The van der Waals surface area contributed by atoms with Gasteiger partial charge in [0.25, 0.3) is 0 Å². The molecular formula is C11H23NO. The number of hydrogen-bond donors (Lipinski definition) is 1. The summed E-state index contributed by atoms with van der Waals surface area (Å²) in [6, 6.07) is 0. The van der Waals surface area contributed by atoms with Crippen LogP contribution in [0.3, 0.4) is 0 Å². The molecule has 1 unspecified atom stereocenters. The van der Waals surface area contributed by atoms with E-state index in [2.05, 4.69) is 25.8 Å². The second kappa shape index (κ2) is 4.43. The largest absolute Gasteiger partial charge is 0.388 e. The van der Waals surface area contributed by atoms with E-state index in [1.807, 2.05) is 0 Å². The highest BCUT2D eigenvalue weighted by molar-refractivity contribution is 4.90. The topological polar surface area (TPSA) is 23.5 Å². The van der Waals surface area contributed by atoms with Crippen molar-refractivity contribution in [3.8, 4) is 0 Å². The Bertz CT molecular complexity index is 156. The van der Waals surface area contributed by atoms with Gasteiger partial charge < -0.3 is 10.0 Å². The lowest BCUT2D eigenvalue weighted by atomic mass is 9.87. The summed E-state index contributed by atoms with van der Waals surface area (Å²) >= 11 is 0. The highest BCUT2D eigenvalue weighted by Gasteiger charge is 2.35. The first-order chi connectivity index (χ1) is 6.09. The van der Waals surface area contributed by atoms with Crippen molar-refractivity contribution in [3.05, 3.63) is 0 Å². The summed E-state index contributed by atoms with van der Waals surface area (Å²) in [6.45, 7) is 6.35. The summed E-state index contributed by atoms with van der Waals surface area (Å²) in [4.78, 5) is 2.22. The Morgan fingerprint density at radius 1 is 1.38 bits per heavy atom. The van der Waals surface area contributed by atoms with Crippen molar-refractivity contribution in [1.29, 1.82) is 0 Å². The molecule has 0 aromatic heterocycles. The fourth-order valence-electron chi connectivity index (χ4n) is 2.34. The summed E-state index contributed by atoms with van der Waals surface area (Å²) in [6.07, 6.45) is 4.34. The Balaban J connectivity index is 2.42. The van der Waals surface area contributed by atoms with E-state index in [0.717, 1.165) is 25.9 Å². The van der Waals surface area contributed by atoms with Crippen molar-refractivity contribution >= 4 is 0 Å². The molecular weight excluding hydrogens is 162 g/mol. The van der Waals surface area contributed by atoms with Crippen LogP contribution in [0.15, 0.2) is 0 Å². The normalized spacial score (nSPS) is 30.2. The predicted octanol–water partition coefficient (Wildman–Crippen LogP) is 1.88. The van der Waals surface area contributed by atoms with E-state index in [-0.39, 0.29) is 5.60 Å². The fraction of sp³-hybridized carbons (Fsp3) is 1.00. The maximum Gasteiger partial charge on any atom is 0.0788 e. The number of likely N-dealkylation sites (N-methyl/N-ethyl adjacent to an activating group) is 1. The first-order valence-electron chi connectivity index (χ1n) is 5.50. The summed E-state index contributed by atoms with van der Waals surface area (Å²) in [5.41, 5.74) is -0.383. The lowest BCUT2D eigenvalue weighted by molar-refractivity contribution is 0.0254. The van der Waals surface area contributed by atoms with Crippen LogP contribution in [0.1, 0.15) is 39.5 Å². The van der Waals surface area contributed by atoms with Crippen molar-refractivity contribution in [2.24, 2.45) is 5.92 Å². The molecule has 2 nitrogen and oxygen atoms in total. The van der Waals surface area contributed by atoms with E-state index in [1.165, 1.54) is 12.8 Å². The van der Waals surface area contributed by atoms with Crippen LogP contribution < -0.4 is 0 Å². The molecule has 2 heteroatoms. The van der Waals surface area contributed by atoms with Gasteiger partial charge in [0.1, 0.15) is 0 Å². The quantitative estimate of drug-likeness (QED) is 0.723. The molecule has 1 atom stereocenters.